The second-order valence-electron chi connectivity index (χ2n) is 5.69. The summed E-state index contributed by atoms with van der Waals surface area (Å²) in [5.41, 5.74) is 2.71. The monoisotopic (exact) mass is 323 g/mol. The zero-order chi connectivity index (χ0) is 15.9. The maximum atomic E-state index is 4.45. The van der Waals surface area contributed by atoms with Gasteiger partial charge in [-0.1, -0.05) is 35.9 Å². The number of aromatic nitrogens is 3. The fourth-order valence-corrected chi connectivity index (χ4v) is 3.59. The molecule has 2 aromatic heterocycles. The molecule has 0 fully saturated rings. The minimum absolute atomic E-state index is 0.473. The Morgan fingerprint density at radius 3 is 2.65 bits per heavy atom. The normalized spacial score (nSPS) is 12.2. The first-order chi connectivity index (χ1) is 11.3. The van der Waals surface area contributed by atoms with Crippen molar-refractivity contribution in [1.29, 1.82) is 0 Å². The highest BCUT2D eigenvalue weighted by atomic mass is 32.2. The van der Waals surface area contributed by atoms with E-state index in [-0.39, 0.29) is 0 Å². The Morgan fingerprint density at radius 2 is 1.96 bits per heavy atom. The van der Waals surface area contributed by atoms with Gasteiger partial charge >= 0.3 is 0 Å². The highest BCUT2D eigenvalue weighted by molar-refractivity contribution is 7.99. The summed E-state index contributed by atoms with van der Waals surface area (Å²) in [5.74, 6) is 0. The van der Waals surface area contributed by atoms with Crippen molar-refractivity contribution in [2.45, 2.75) is 36.6 Å². The average molecular weight is 323 g/mol. The number of thioether (sulfide) groups is 1. The van der Waals surface area contributed by atoms with E-state index < -0.39 is 0 Å². The Labute approximate surface area is 141 Å². The molecule has 3 aromatic rings. The molecule has 0 amide bonds. The Morgan fingerprint density at radius 1 is 1.09 bits per heavy atom. The van der Waals surface area contributed by atoms with Crippen LogP contribution in [-0.4, -0.2) is 19.8 Å². The molecule has 0 aliphatic rings. The molecule has 0 aliphatic heterocycles. The van der Waals surface area contributed by atoms with Gasteiger partial charge in [0, 0.05) is 30.4 Å². The van der Waals surface area contributed by atoms with Gasteiger partial charge in [-0.05, 0) is 37.5 Å². The summed E-state index contributed by atoms with van der Waals surface area (Å²) < 4.78 is 2.15. The van der Waals surface area contributed by atoms with E-state index in [2.05, 4.69) is 51.8 Å². The number of hydrogen-bond donors (Lipinski definition) is 0. The van der Waals surface area contributed by atoms with Gasteiger partial charge in [0.15, 0.2) is 0 Å². The second-order valence-corrected chi connectivity index (χ2v) is 7.01. The minimum Gasteiger partial charge on any atom is -0.336 e. The lowest BCUT2D eigenvalue weighted by molar-refractivity contribution is 0.623. The number of hydrogen-bond acceptors (Lipinski definition) is 3. The molecule has 4 heteroatoms. The van der Waals surface area contributed by atoms with Crippen molar-refractivity contribution in [3.63, 3.8) is 0 Å². The van der Waals surface area contributed by atoms with Crippen molar-refractivity contribution in [2.24, 2.45) is 0 Å². The number of rotatable bonds is 7. The topological polar surface area (TPSA) is 30.7 Å². The van der Waals surface area contributed by atoms with Crippen molar-refractivity contribution < 1.29 is 0 Å². The van der Waals surface area contributed by atoms with E-state index in [9.17, 15) is 0 Å². The minimum atomic E-state index is 0.473. The van der Waals surface area contributed by atoms with Crippen LogP contribution in [0.2, 0.25) is 0 Å². The SMILES string of the molecule is Cc1ccc(CCC(Cn2ccnc2)Sc2ccccn2)cc1. The second kappa shape index (κ2) is 7.97. The van der Waals surface area contributed by atoms with E-state index in [4.69, 9.17) is 0 Å². The van der Waals surface area contributed by atoms with Gasteiger partial charge in [-0.15, -0.1) is 11.8 Å². The van der Waals surface area contributed by atoms with Crippen LogP contribution in [0, 0.1) is 6.92 Å². The molecule has 0 saturated carbocycles. The number of aryl methyl sites for hydroxylation is 2. The first kappa shape index (κ1) is 15.8. The van der Waals surface area contributed by atoms with Crippen molar-refractivity contribution in [2.75, 3.05) is 0 Å². The predicted octanol–water partition coefficient (Wildman–Crippen LogP) is 4.38. The van der Waals surface area contributed by atoms with Crippen LogP contribution >= 0.6 is 11.8 Å². The van der Waals surface area contributed by atoms with Crippen LogP contribution in [0.25, 0.3) is 0 Å². The van der Waals surface area contributed by atoms with Crippen LogP contribution in [0.15, 0.2) is 72.4 Å². The molecule has 0 radical (unpaired) electrons. The predicted molar refractivity (Wildman–Crippen MR) is 95.6 cm³/mol. The number of nitrogens with zero attached hydrogens (tertiary/aromatic N) is 3. The zero-order valence-electron chi connectivity index (χ0n) is 13.3. The van der Waals surface area contributed by atoms with Gasteiger partial charge in [0.25, 0.3) is 0 Å². The third-order valence-corrected chi connectivity index (χ3v) is 4.98. The Bertz CT molecular complexity index is 693. The summed E-state index contributed by atoms with van der Waals surface area (Å²) in [6.45, 7) is 3.08. The first-order valence-electron chi connectivity index (χ1n) is 7.88. The third kappa shape index (κ3) is 4.96. The molecule has 0 N–H and O–H groups in total. The van der Waals surface area contributed by atoms with Gasteiger partial charge in [0.05, 0.1) is 11.4 Å². The number of pyridine rings is 1. The van der Waals surface area contributed by atoms with Crippen molar-refractivity contribution in [1.82, 2.24) is 14.5 Å². The average Bonchev–Trinajstić information content (AvgIpc) is 3.08. The molecule has 3 nitrogen and oxygen atoms in total. The molecule has 3 rings (SSSR count). The van der Waals surface area contributed by atoms with Gasteiger partial charge in [0.1, 0.15) is 0 Å². The molecule has 0 saturated heterocycles. The van der Waals surface area contributed by atoms with Crippen LogP contribution in [-0.2, 0) is 13.0 Å². The van der Waals surface area contributed by atoms with Crippen molar-refractivity contribution >= 4 is 11.8 Å². The van der Waals surface area contributed by atoms with Crippen molar-refractivity contribution in [3.8, 4) is 0 Å². The summed E-state index contributed by atoms with van der Waals surface area (Å²) in [6, 6.07) is 14.9. The Kier molecular flexibility index (Phi) is 5.48. The third-order valence-electron chi connectivity index (χ3n) is 3.77. The van der Waals surface area contributed by atoms with Crippen LogP contribution in [0.5, 0.6) is 0 Å². The van der Waals surface area contributed by atoms with E-state index >= 15 is 0 Å². The molecule has 118 valence electrons. The lowest BCUT2D eigenvalue weighted by atomic mass is 10.1. The summed E-state index contributed by atoms with van der Waals surface area (Å²) in [6.07, 6.45) is 9.80. The molecular formula is C19H21N3S. The lowest BCUT2D eigenvalue weighted by Crippen LogP contribution is -2.13. The van der Waals surface area contributed by atoms with Gasteiger partial charge < -0.3 is 4.57 Å². The van der Waals surface area contributed by atoms with Crippen LogP contribution < -0.4 is 0 Å². The van der Waals surface area contributed by atoms with E-state index in [1.165, 1.54) is 11.1 Å². The molecule has 1 unspecified atom stereocenters. The molecule has 2 heterocycles. The van der Waals surface area contributed by atoms with E-state index in [0.29, 0.717) is 5.25 Å². The van der Waals surface area contributed by atoms with Gasteiger partial charge in [-0.2, -0.15) is 0 Å². The standard InChI is InChI=1S/C19H21N3S/c1-16-5-7-17(8-6-16)9-10-18(14-22-13-12-20-15-22)23-19-4-2-3-11-21-19/h2-8,11-13,15,18H,9-10,14H2,1H3. The van der Waals surface area contributed by atoms with Gasteiger partial charge in [0.2, 0.25) is 0 Å². The summed E-state index contributed by atoms with van der Waals surface area (Å²) in [7, 11) is 0. The maximum Gasteiger partial charge on any atom is 0.0963 e. The zero-order valence-corrected chi connectivity index (χ0v) is 14.1. The summed E-state index contributed by atoms with van der Waals surface area (Å²) >= 11 is 1.85. The lowest BCUT2D eigenvalue weighted by Gasteiger charge is -2.17. The Hall–Kier alpha value is -2.07. The maximum absolute atomic E-state index is 4.45. The van der Waals surface area contributed by atoms with Crippen LogP contribution in [0.4, 0.5) is 0 Å². The first-order valence-corrected chi connectivity index (χ1v) is 8.76. The molecule has 1 atom stereocenters. The molecule has 1 aromatic carbocycles. The highest BCUT2D eigenvalue weighted by Gasteiger charge is 2.12. The van der Waals surface area contributed by atoms with E-state index in [0.717, 1.165) is 24.4 Å². The quantitative estimate of drug-likeness (QED) is 0.605. The molecular weight excluding hydrogens is 302 g/mol. The van der Waals surface area contributed by atoms with Crippen molar-refractivity contribution in [3.05, 3.63) is 78.5 Å². The number of imidazole rings is 1. The smallest absolute Gasteiger partial charge is 0.0963 e. The van der Waals surface area contributed by atoms with Crippen LogP contribution in [0.3, 0.4) is 0 Å². The summed E-state index contributed by atoms with van der Waals surface area (Å²) in [4.78, 5) is 8.60. The van der Waals surface area contributed by atoms with Gasteiger partial charge in [-0.25, -0.2) is 9.97 Å². The Balaban J connectivity index is 1.65. The largest absolute Gasteiger partial charge is 0.336 e. The molecule has 23 heavy (non-hydrogen) atoms. The van der Waals surface area contributed by atoms with Crippen LogP contribution in [0.1, 0.15) is 17.5 Å². The van der Waals surface area contributed by atoms with E-state index in [1.54, 1.807) is 0 Å². The molecule has 0 aliphatic carbocycles. The molecule has 0 bridgehead atoms. The van der Waals surface area contributed by atoms with Gasteiger partial charge in [-0.3, -0.25) is 0 Å². The van der Waals surface area contributed by atoms with E-state index in [1.807, 2.05) is 48.8 Å². The molecule has 0 spiro atoms. The fraction of sp³-hybridized carbons (Fsp3) is 0.263. The number of benzene rings is 1. The highest BCUT2D eigenvalue weighted by Crippen LogP contribution is 2.26. The summed E-state index contributed by atoms with van der Waals surface area (Å²) in [5, 5.41) is 1.56. The fourth-order valence-electron chi connectivity index (χ4n) is 2.49.